The monoisotopic (exact) mass is 263 g/mol. The summed E-state index contributed by atoms with van der Waals surface area (Å²) in [6.07, 6.45) is -1.67. The van der Waals surface area contributed by atoms with Crippen LogP contribution in [0.3, 0.4) is 0 Å². The van der Waals surface area contributed by atoms with Crippen molar-refractivity contribution in [1.29, 1.82) is 0 Å². The Morgan fingerprint density at radius 2 is 1.89 bits per heavy atom. The molecule has 0 radical (unpaired) electrons. The topological polar surface area (TPSA) is 60.8 Å². The highest BCUT2D eigenvalue weighted by atomic mass is 32.1. The van der Waals surface area contributed by atoms with E-state index in [1.54, 1.807) is 0 Å². The molecule has 1 aromatic heterocycles. The van der Waals surface area contributed by atoms with Gasteiger partial charge in [-0.05, 0) is 6.07 Å². The lowest BCUT2D eigenvalue weighted by molar-refractivity contribution is 0.0572. The molecule has 4 nitrogen and oxygen atoms in total. The molecular weight excluding hydrogens is 250 g/mol. The predicted molar refractivity (Wildman–Crippen MR) is 69.7 cm³/mol. The molecule has 0 saturated carbocycles. The van der Waals surface area contributed by atoms with Gasteiger partial charge in [-0.3, -0.25) is 4.79 Å². The van der Waals surface area contributed by atoms with Gasteiger partial charge in [0.15, 0.2) is 0 Å². The molecule has 3 rings (SSSR count). The predicted octanol–water partition coefficient (Wildman–Crippen LogP) is 1.08. The number of aliphatic hydroxyl groups is 2. The number of fused-ring (bicyclic) bond motifs is 1. The first kappa shape index (κ1) is 11.6. The van der Waals surface area contributed by atoms with Gasteiger partial charge in [0.1, 0.15) is 0 Å². The summed E-state index contributed by atoms with van der Waals surface area (Å²) in [5.41, 5.74) is 0.650. The number of hydrogen-bond donors (Lipinski definition) is 2. The van der Waals surface area contributed by atoms with E-state index in [1.807, 2.05) is 29.6 Å². The first-order valence-electron chi connectivity index (χ1n) is 5.78. The summed E-state index contributed by atoms with van der Waals surface area (Å²) in [4.78, 5) is 13.8. The normalized spacial score (nSPS) is 23.8. The van der Waals surface area contributed by atoms with Crippen LogP contribution in [0.25, 0.3) is 10.1 Å². The SMILES string of the molecule is O=C(c1csc2ccccc12)N1CC(O)C(O)C1. The quantitative estimate of drug-likeness (QED) is 0.809. The number of carbonyl (C=O) groups is 1. The second kappa shape index (κ2) is 4.35. The van der Waals surface area contributed by atoms with Gasteiger partial charge in [0, 0.05) is 28.6 Å². The molecule has 5 heteroatoms. The van der Waals surface area contributed by atoms with E-state index in [1.165, 1.54) is 16.2 Å². The van der Waals surface area contributed by atoms with Crippen LogP contribution in [0.5, 0.6) is 0 Å². The molecule has 0 bridgehead atoms. The molecule has 1 aliphatic heterocycles. The molecule has 1 aromatic carbocycles. The Bertz CT molecular complexity index is 585. The molecule has 2 aromatic rings. The van der Waals surface area contributed by atoms with Gasteiger partial charge in [0.25, 0.3) is 5.91 Å². The van der Waals surface area contributed by atoms with Crippen LogP contribution in [0.1, 0.15) is 10.4 Å². The molecule has 1 fully saturated rings. The minimum atomic E-state index is -0.834. The van der Waals surface area contributed by atoms with Gasteiger partial charge >= 0.3 is 0 Å². The minimum Gasteiger partial charge on any atom is -0.388 e. The number of carbonyl (C=O) groups excluding carboxylic acids is 1. The molecule has 2 heterocycles. The van der Waals surface area contributed by atoms with Crippen LogP contribution in [-0.4, -0.2) is 46.3 Å². The Morgan fingerprint density at radius 1 is 1.22 bits per heavy atom. The van der Waals surface area contributed by atoms with E-state index < -0.39 is 12.2 Å². The molecule has 2 atom stereocenters. The van der Waals surface area contributed by atoms with Gasteiger partial charge in [-0.1, -0.05) is 18.2 Å². The van der Waals surface area contributed by atoms with Gasteiger partial charge in [-0.2, -0.15) is 0 Å². The molecule has 1 saturated heterocycles. The van der Waals surface area contributed by atoms with Crippen LogP contribution in [-0.2, 0) is 0 Å². The van der Waals surface area contributed by atoms with E-state index in [-0.39, 0.29) is 19.0 Å². The standard InChI is InChI=1S/C13H13NO3S/c15-10-5-14(6-11(10)16)13(17)9-7-18-12-4-2-1-3-8(9)12/h1-4,7,10-11,15-16H,5-6H2. The number of aliphatic hydroxyl groups excluding tert-OH is 2. The fourth-order valence-electron chi connectivity index (χ4n) is 2.25. The van der Waals surface area contributed by atoms with Gasteiger partial charge in [-0.25, -0.2) is 0 Å². The maximum atomic E-state index is 12.3. The smallest absolute Gasteiger partial charge is 0.255 e. The highest BCUT2D eigenvalue weighted by Crippen LogP contribution is 2.27. The number of thiophene rings is 1. The summed E-state index contributed by atoms with van der Waals surface area (Å²) >= 11 is 1.53. The third kappa shape index (κ3) is 1.80. The van der Waals surface area contributed by atoms with Crippen LogP contribution >= 0.6 is 11.3 Å². The fraction of sp³-hybridized carbons (Fsp3) is 0.308. The molecule has 2 unspecified atom stereocenters. The molecular formula is C13H13NO3S. The molecule has 2 N–H and O–H groups in total. The molecule has 0 spiro atoms. The third-order valence-corrected chi connectivity index (χ3v) is 4.22. The van der Waals surface area contributed by atoms with Crippen molar-refractivity contribution in [3.05, 3.63) is 35.2 Å². The van der Waals surface area contributed by atoms with E-state index in [9.17, 15) is 15.0 Å². The summed E-state index contributed by atoms with van der Waals surface area (Å²) in [5, 5.41) is 21.7. The molecule has 94 valence electrons. The summed E-state index contributed by atoms with van der Waals surface area (Å²) < 4.78 is 1.07. The van der Waals surface area contributed by atoms with Crippen LogP contribution in [0, 0.1) is 0 Å². The lowest BCUT2D eigenvalue weighted by Crippen LogP contribution is -2.29. The van der Waals surface area contributed by atoms with Gasteiger partial charge < -0.3 is 15.1 Å². The Balaban J connectivity index is 1.93. The van der Waals surface area contributed by atoms with Crippen molar-refractivity contribution in [2.45, 2.75) is 12.2 Å². The van der Waals surface area contributed by atoms with Crippen molar-refractivity contribution in [3.8, 4) is 0 Å². The largest absolute Gasteiger partial charge is 0.388 e. The average molecular weight is 263 g/mol. The minimum absolute atomic E-state index is 0.122. The van der Waals surface area contributed by atoms with E-state index in [2.05, 4.69) is 0 Å². The van der Waals surface area contributed by atoms with Crippen molar-refractivity contribution in [2.75, 3.05) is 13.1 Å². The Morgan fingerprint density at radius 3 is 2.61 bits per heavy atom. The Hall–Kier alpha value is -1.43. The summed E-state index contributed by atoms with van der Waals surface area (Å²) in [5.74, 6) is -0.122. The van der Waals surface area contributed by atoms with E-state index in [0.717, 1.165) is 10.1 Å². The van der Waals surface area contributed by atoms with Crippen LogP contribution in [0.4, 0.5) is 0 Å². The van der Waals surface area contributed by atoms with Crippen molar-refractivity contribution < 1.29 is 15.0 Å². The summed E-state index contributed by atoms with van der Waals surface area (Å²) in [6.45, 7) is 0.397. The lowest BCUT2D eigenvalue weighted by atomic mass is 10.1. The van der Waals surface area contributed by atoms with Gasteiger partial charge in [-0.15, -0.1) is 11.3 Å². The number of rotatable bonds is 1. The summed E-state index contributed by atoms with van der Waals surface area (Å²) in [6, 6.07) is 7.74. The van der Waals surface area contributed by atoms with E-state index >= 15 is 0 Å². The van der Waals surface area contributed by atoms with Crippen molar-refractivity contribution in [2.24, 2.45) is 0 Å². The Labute approximate surface area is 108 Å². The zero-order valence-electron chi connectivity index (χ0n) is 9.61. The van der Waals surface area contributed by atoms with Crippen molar-refractivity contribution >= 4 is 27.3 Å². The number of β-amino-alcohol motifs (C(OH)–C–C–N with tert-alkyl or cyclic N) is 2. The number of amides is 1. The van der Waals surface area contributed by atoms with Crippen LogP contribution in [0.2, 0.25) is 0 Å². The van der Waals surface area contributed by atoms with Gasteiger partial charge in [0.05, 0.1) is 17.8 Å². The number of benzene rings is 1. The first-order valence-corrected chi connectivity index (χ1v) is 6.66. The number of hydrogen-bond acceptors (Lipinski definition) is 4. The van der Waals surface area contributed by atoms with Crippen LogP contribution in [0.15, 0.2) is 29.6 Å². The maximum Gasteiger partial charge on any atom is 0.255 e. The fourth-order valence-corrected chi connectivity index (χ4v) is 3.18. The maximum absolute atomic E-state index is 12.3. The highest BCUT2D eigenvalue weighted by molar-refractivity contribution is 7.17. The summed E-state index contributed by atoms with van der Waals surface area (Å²) in [7, 11) is 0. The van der Waals surface area contributed by atoms with E-state index in [4.69, 9.17) is 0 Å². The second-order valence-electron chi connectivity index (χ2n) is 4.49. The van der Waals surface area contributed by atoms with Crippen molar-refractivity contribution in [3.63, 3.8) is 0 Å². The third-order valence-electron chi connectivity index (χ3n) is 3.26. The zero-order chi connectivity index (χ0) is 12.7. The first-order chi connectivity index (χ1) is 8.66. The molecule has 1 amide bonds. The Kier molecular flexibility index (Phi) is 2.81. The zero-order valence-corrected chi connectivity index (χ0v) is 10.4. The van der Waals surface area contributed by atoms with Crippen LogP contribution < -0.4 is 0 Å². The average Bonchev–Trinajstić information content (AvgIpc) is 2.93. The molecule has 18 heavy (non-hydrogen) atoms. The number of nitrogens with zero attached hydrogens (tertiary/aromatic N) is 1. The lowest BCUT2D eigenvalue weighted by Gasteiger charge is -2.14. The number of likely N-dealkylation sites (tertiary alicyclic amines) is 1. The van der Waals surface area contributed by atoms with Gasteiger partial charge in [0.2, 0.25) is 0 Å². The van der Waals surface area contributed by atoms with E-state index in [0.29, 0.717) is 5.56 Å². The second-order valence-corrected chi connectivity index (χ2v) is 5.40. The highest BCUT2D eigenvalue weighted by Gasteiger charge is 2.33. The molecule has 1 aliphatic rings. The van der Waals surface area contributed by atoms with Crippen molar-refractivity contribution in [1.82, 2.24) is 4.90 Å². The molecule has 0 aliphatic carbocycles.